The van der Waals surface area contributed by atoms with Crippen molar-refractivity contribution in [3.8, 4) is 0 Å². The van der Waals surface area contributed by atoms with Crippen molar-refractivity contribution in [3.05, 3.63) is 96.1 Å². The van der Waals surface area contributed by atoms with Crippen molar-refractivity contribution < 1.29 is 0 Å². The summed E-state index contributed by atoms with van der Waals surface area (Å²) in [6.07, 6.45) is 6.14. The lowest BCUT2D eigenvalue weighted by Gasteiger charge is -2.44. The molecule has 3 fully saturated rings. The average Bonchev–Trinajstić information content (AvgIpc) is 3.15. The fraction of sp³-hybridized carbons (Fsp3) is 0.379. The van der Waals surface area contributed by atoms with Crippen molar-refractivity contribution >= 4 is 17.4 Å². The molecule has 0 spiro atoms. The van der Waals surface area contributed by atoms with Crippen LogP contribution in [0, 0.1) is 5.92 Å². The van der Waals surface area contributed by atoms with Gasteiger partial charge in [0.1, 0.15) is 0 Å². The number of fused-ring (bicyclic) bond motifs is 4. The number of thioether (sulfide) groups is 1. The van der Waals surface area contributed by atoms with Crippen LogP contribution in [0.3, 0.4) is 0 Å². The quantitative estimate of drug-likeness (QED) is 0.401. The van der Waals surface area contributed by atoms with E-state index in [1.807, 2.05) is 11.8 Å². The smallest absolute Gasteiger partial charge is 0.0504 e. The van der Waals surface area contributed by atoms with Gasteiger partial charge in [0, 0.05) is 29.9 Å². The zero-order valence-electron chi connectivity index (χ0n) is 19.2. The number of anilines is 1. The number of piperidine rings is 1. The molecule has 0 amide bonds. The molecule has 0 radical (unpaired) electrons. The lowest BCUT2D eigenvalue weighted by atomic mass is 9.79. The molecule has 0 saturated carbocycles. The summed E-state index contributed by atoms with van der Waals surface area (Å²) in [6.45, 7) is 2.44. The summed E-state index contributed by atoms with van der Waals surface area (Å²) >= 11 is 1.86. The summed E-state index contributed by atoms with van der Waals surface area (Å²) < 4.78 is 0. The fourth-order valence-corrected chi connectivity index (χ4v) is 6.67. The molecule has 32 heavy (non-hydrogen) atoms. The van der Waals surface area contributed by atoms with E-state index in [4.69, 9.17) is 0 Å². The number of likely N-dealkylation sites (N-methyl/N-ethyl adjacent to an activating group) is 1. The third kappa shape index (κ3) is 4.21. The molecule has 0 aliphatic carbocycles. The van der Waals surface area contributed by atoms with Crippen LogP contribution in [-0.2, 0) is 0 Å². The van der Waals surface area contributed by atoms with Gasteiger partial charge in [-0.3, -0.25) is 4.90 Å². The lowest BCUT2D eigenvalue weighted by molar-refractivity contribution is 0.149. The highest BCUT2D eigenvalue weighted by molar-refractivity contribution is 7.98. The standard InChI is InChI=1S/C29H34N2S/c1-30(25-15-9-10-16-27(25)32-2)26-21-22-17-19-31(20-18-22)29(26)28(23-11-5-3-6-12-23)24-13-7-4-8-14-24/h3-16,22,26,28-29H,17-21H2,1-2H3. The normalized spacial score (nSPS) is 25.0. The molecule has 2 nitrogen and oxygen atoms in total. The SMILES string of the molecule is CSc1ccccc1N(C)C1CC2CCN(CC2)C1C(c1ccccc1)c1ccccc1. The Balaban J connectivity index is 1.63. The van der Waals surface area contributed by atoms with Gasteiger partial charge in [0.25, 0.3) is 0 Å². The Hall–Kier alpha value is -2.23. The minimum absolute atomic E-state index is 0.364. The maximum atomic E-state index is 2.82. The van der Waals surface area contributed by atoms with Crippen molar-refractivity contribution in [2.24, 2.45) is 5.92 Å². The molecular formula is C29H34N2S. The van der Waals surface area contributed by atoms with Crippen LogP contribution in [0.2, 0.25) is 0 Å². The minimum Gasteiger partial charge on any atom is -0.369 e. The molecule has 3 aromatic carbocycles. The van der Waals surface area contributed by atoms with Crippen molar-refractivity contribution in [2.45, 2.75) is 42.2 Å². The first-order valence-electron chi connectivity index (χ1n) is 12.0. The van der Waals surface area contributed by atoms with E-state index in [1.54, 1.807) is 0 Å². The van der Waals surface area contributed by atoms with Crippen molar-refractivity contribution in [1.82, 2.24) is 4.90 Å². The first kappa shape index (κ1) is 21.6. The number of nitrogens with zero attached hydrogens (tertiary/aromatic N) is 2. The van der Waals surface area contributed by atoms with Crippen LogP contribution < -0.4 is 4.90 Å². The maximum absolute atomic E-state index is 2.82. The van der Waals surface area contributed by atoms with Crippen LogP contribution in [0.1, 0.15) is 36.3 Å². The summed E-state index contributed by atoms with van der Waals surface area (Å²) in [5, 5.41) is 0. The highest BCUT2D eigenvalue weighted by Crippen LogP contribution is 2.43. The van der Waals surface area contributed by atoms with Gasteiger partial charge in [-0.05, 0) is 67.8 Å². The molecule has 0 N–H and O–H groups in total. The zero-order chi connectivity index (χ0) is 21.9. The Bertz CT molecular complexity index is 958. The second-order valence-electron chi connectivity index (χ2n) is 9.35. The van der Waals surface area contributed by atoms with Crippen molar-refractivity contribution in [2.75, 3.05) is 31.3 Å². The average molecular weight is 443 g/mol. The van der Waals surface area contributed by atoms with Crippen LogP contribution in [0.5, 0.6) is 0 Å². The molecule has 2 unspecified atom stereocenters. The van der Waals surface area contributed by atoms with Crippen LogP contribution >= 0.6 is 11.8 Å². The third-order valence-electron chi connectivity index (χ3n) is 7.66. The van der Waals surface area contributed by atoms with Gasteiger partial charge in [0.2, 0.25) is 0 Å². The second kappa shape index (κ2) is 9.72. The first-order valence-corrected chi connectivity index (χ1v) is 13.2. The van der Waals surface area contributed by atoms with Gasteiger partial charge in [-0.15, -0.1) is 11.8 Å². The molecule has 3 saturated heterocycles. The molecule has 3 aliphatic heterocycles. The predicted molar refractivity (Wildman–Crippen MR) is 138 cm³/mol. The van der Waals surface area contributed by atoms with Crippen molar-refractivity contribution in [3.63, 3.8) is 0 Å². The van der Waals surface area contributed by atoms with Crippen LogP contribution in [0.4, 0.5) is 5.69 Å². The summed E-state index contributed by atoms with van der Waals surface area (Å²) in [5.41, 5.74) is 4.24. The molecule has 2 atom stereocenters. The van der Waals surface area contributed by atoms with E-state index in [0.717, 1.165) is 5.92 Å². The molecule has 3 aromatic rings. The topological polar surface area (TPSA) is 6.48 Å². The summed E-state index contributed by atoms with van der Waals surface area (Å²) in [4.78, 5) is 6.81. The van der Waals surface area contributed by atoms with Crippen LogP contribution in [-0.4, -0.2) is 43.4 Å². The van der Waals surface area contributed by atoms with E-state index in [0.29, 0.717) is 18.0 Å². The summed E-state index contributed by atoms with van der Waals surface area (Å²) in [6, 6.07) is 32.3. The summed E-state index contributed by atoms with van der Waals surface area (Å²) in [7, 11) is 2.34. The summed E-state index contributed by atoms with van der Waals surface area (Å²) in [5.74, 6) is 1.19. The fourth-order valence-electron chi connectivity index (χ4n) is 6.04. The Morgan fingerprint density at radius 3 is 1.97 bits per heavy atom. The van der Waals surface area contributed by atoms with E-state index < -0.39 is 0 Å². The van der Waals surface area contributed by atoms with Gasteiger partial charge < -0.3 is 4.90 Å². The molecule has 3 heterocycles. The van der Waals surface area contributed by atoms with Crippen LogP contribution in [0.25, 0.3) is 0 Å². The molecule has 3 aliphatic rings. The predicted octanol–water partition coefficient (Wildman–Crippen LogP) is 6.53. The van der Waals surface area contributed by atoms with Gasteiger partial charge in [-0.2, -0.15) is 0 Å². The monoisotopic (exact) mass is 442 g/mol. The number of rotatable bonds is 6. The third-order valence-corrected chi connectivity index (χ3v) is 8.45. The molecule has 3 heteroatoms. The number of hydrogen-bond acceptors (Lipinski definition) is 3. The number of para-hydroxylation sites is 1. The molecule has 0 aromatic heterocycles. The van der Waals surface area contributed by atoms with Gasteiger partial charge in [-0.25, -0.2) is 0 Å². The van der Waals surface area contributed by atoms with E-state index in [-0.39, 0.29) is 0 Å². The van der Waals surface area contributed by atoms with Crippen LogP contribution in [0.15, 0.2) is 89.8 Å². The molecule has 2 bridgehead atoms. The van der Waals surface area contributed by atoms with E-state index in [1.165, 1.54) is 54.1 Å². The highest BCUT2D eigenvalue weighted by atomic mass is 32.2. The first-order chi connectivity index (χ1) is 15.8. The Labute approximate surface area is 197 Å². The molecular weight excluding hydrogens is 408 g/mol. The van der Waals surface area contributed by atoms with E-state index in [9.17, 15) is 0 Å². The number of hydrogen-bond donors (Lipinski definition) is 0. The van der Waals surface area contributed by atoms with Gasteiger partial charge in [0.15, 0.2) is 0 Å². The zero-order valence-corrected chi connectivity index (χ0v) is 20.0. The van der Waals surface area contributed by atoms with Crippen molar-refractivity contribution in [1.29, 1.82) is 0 Å². The second-order valence-corrected chi connectivity index (χ2v) is 10.2. The van der Waals surface area contributed by atoms with Gasteiger partial charge >= 0.3 is 0 Å². The van der Waals surface area contributed by atoms with Gasteiger partial charge in [-0.1, -0.05) is 72.8 Å². The molecule has 6 rings (SSSR count). The minimum atomic E-state index is 0.364. The Morgan fingerprint density at radius 1 is 0.812 bits per heavy atom. The maximum Gasteiger partial charge on any atom is 0.0504 e. The largest absolute Gasteiger partial charge is 0.369 e. The van der Waals surface area contributed by atoms with E-state index >= 15 is 0 Å². The highest BCUT2D eigenvalue weighted by Gasteiger charge is 2.44. The lowest BCUT2D eigenvalue weighted by Crippen LogP contribution is -2.52. The van der Waals surface area contributed by atoms with Gasteiger partial charge in [0.05, 0.1) is 5.69 Å². The van der Waals surface area contributed by atoms with E-state index in [2.05, 4.69) is 108 Å². The number of benzene rings is 3. The Morgan fingerprint density at radius 2 is 1.38 bits per heavy atom. The molecule has 166 valence electrons. The Kier molecular flexibility index (Phi) is 6.56.